The van der Waals surface area contributed by atoms with Crippen LogP contribution in [0.5, 0.6) is 5.75 Å². The second kappa shape index (κ2) is 14.4. The van der Waals surface area contributed by atoms with E-state index in [1.165, 1.54) is 22.4 Å². The molecule has 0 bridgehead atoms. The number of nitrogens with zero attached hydrogens (tertiary/aromatic N) is 2. The lowest BCUT2D eigenvalue weighted by molar-refractivity contribution is -0.140. The van der Waals surface area contributed by atoms with Gasteiger partial charge in [0.25, 0.3) is 0 Å². The van der Waals surface area contributed by atoms with Gasteiger partial charge in [0.15, 0.2) is 0 Å². The van der Waals surface area contributed by atoms with Crippen molar-refractivity contribution < 1.29 is 22.7 Å². The van der Waals surface area contributed by atoms with Gasteiger partial charge in [-0.05, 0) is 55.7 Å². The number of amides is 2. The predicted octanol–water partition coefficient (Wildman–Crippen LogP) is 4.88. The largest absolute Gasteiger partial charge is 0.495 e. The maximum Gasteiger partial charge on any atom is 0.242 e. The maximum absolute atomic E-state index is 13.3. The monoisotopic (exact) mass is 571 g/mol. The Morgan fingerprint density at radius 1 is 1.08 bits per heavy atom. The second-order valence-corrected chi connectivity index (χ2v) is 11.5. The first-order valence-electron chi connectivity index (χ1n) is 12.1. The average Bonchev–Trinajstić information content (AvgIpc) is 2.85. The van der Waals surface area contributed by atoms with Gasteiger partial charge in [0.2, 0.25) is 21.8 Å². The zero-order valence-corrected chi connectivity index (χ0v) is 24.0. The topological polar surface area (TPSA) is 96.0 Å². The molecule has 11 heteroatoms. The Bertz CT molecular complexity index is 1160. The summed E-state index contributed by atoms with van der Waals surface area (Å²) < 4.78 is 31.3. The molecule has 0 aliphatic rings. The van der Waals surface area contributed by atoms with Crippen LogP contribution in [-0.4, -0.2) is 57.6 Å². The Morgan fingerprint density at radius 2 is 1.76 bits per heavy atom. The number of hydrogen-bond acceptors (Lipinski definition) is 5. The number of unbranched alkanes of at least 4 members (excludes halogenated alkanes) is 1. The van der Waals surface area contributed by atoms with Crippen LogP contribution in [0.4, 0.5) is 5.69 Å². The van der Waals surface area contributed by atoms with Gasteiger partial charge in [-0.25, -0.2) is 8.42 Å². The zero-order chi connectivity index (χ0) is 27.6. The number of carbonyl (C=O) groups excluding carboxylic acids is 2. The number of nitrogens with one attached hydrogen (secondary N) is 1. The molecule has 0 aromatic heterocycles. The number of sulfonamides is 1. The van der Waals surface area contributed by atoms with Gasteiger partial charge in [-0.1, -0.05) is 48.7 Å². The number of benzene rings is 2. The van der Waals surface area contributed by atoms with E-state index in [9.17, 15) is 18.0 Å². The summed E-state index contributed by atoms with van der Waals surface area (Å²) >= 11 is 12.2. The molecule has 2 aromatic carbocycles. The van der Waals surface area contributed by atoms with Gasteiger partial charge in [0.1, 0.15) is 11.8 Å². The quantitative estimate of drug-likeness (QED) is 0.326. The molecule has 8 nitrogen and oxygen atoms in total. The van der Waals surface area contributed by atoms with Crippen LogP contribution >= 0.6 is 23.2 Å². The minimum atomic E-state index is -3.64. The van der Waals surface area contributed by atoms with E-state index in [1.807, 2.05) is 19.1 Å². The molecule has 0 fully saturated rings. The van der Waals surface area contributed by atoms with Crippen LogP contribution in [0.2, 0.25) is 10.0 Å². The number of carbonyl (C=O) groups is 2. The number of halogens is 2. The molecule has 0 saturated carbocycles. The Morgan fingerprint density at radius 3 is 2.32 bits per heavy atom. The minimum Gasteiger partial charge on any atom is -0.495 e. The number of rotatable bonds is 14. The van der Waals surface area contributed by atoms with Crippen LogP contribution in [0.1, 0.15) is 45.1 Å². The lowest BCUT2D eigenvalue weighted by Crippen LogP contribution is -2.47. The van der Waals surface area contributed by atoms with Gasteiger partial charge < -0.3 is 15.0 Å². The van der Waals surface area contributed by atoms with E-state index in [1.54, 1.807) is 31.2 Å². The Kier molecular flexibility index (Phi) is 12.0. The van der Waals surface area contributed by atoms with Gasteiger partial charge in [0, 0.05) is 31.1 Å². The highest BCUT2D eigenvalue weighted by Crippen LogP contribution is 2.30. The normalized spacial score (nSPS) is 12.1. The average molecular weight is 573 g/mol. The molecule has 0 spiro atoms. The molecule has 0 aliphatic carbocycles. The van der Waals surface area contributed by atoms with Crippen LogP contribution < -0.4 is 14.4 Å². The molecule has 0 aliphatic heterocycles. The molecular formula is C26H35Cl2N3O5S. The van der Waals surface area contributed by atoms with Crippen LogP contribution in [0.3, 0.4) is 0 Å². The molecule has 2 rings (SSSR count). The van der Waals surface area contributed by atoms with Crippen molar-refractivity contribution in [1.29, 1.82) is 0 Å². The van der Waals surface area contributed by atoms with E-state index in [4.69, 9.17) is 27.9 Å². The van der Waals surface area contributed by atoms with E-state index in [0.29, 0.717) is 23.0 Å². The summed E-state index contributed by atoms with van der Waals surface area (Å²) in [5, 5.41) is 3.73. The highest BCUT2D eigenvalue weighted by molar-refractivity contribution is 7.92. The minimum absolute atomic E-state index is 0.0517. The van der Waals surface area contributed by atoms with Crippen molar-refractivity contribution in [3.63, 3.8) is 0 Å². The molecule has 2 amide bonds. The van der Waals surface area contributed by atoms with Crippen molar-refractivity contribution in [3.05, 3.63) is 58.1 Å². The molecule has 2 aromatic rings. The molecule has 1 atom stereocenters. The summed E-state index contributed by atoms with van der Waals surface area (Å²) in [5.74, 6) is -0.0613. The van der Waals surface area contributed by atoms with E-state index < -0.39 is 16.1 Å². The van der Waals surface area contributed by atoms with Crippen LogP contribution in [0.25, 0.3) is 0 Å². The number of anilines is 1. The molecular weight excluding hydrogens is 537 g/mol. The van der Waals surface area contributed by atoms with Crippen molar-refractivity contribution in [1.82, 2.24) is 10.2 Å². The molecule has 0 heterocycles. The van der Waals surface area contributed by atoms with Crippen LogP contribution in [0, 0.1) is 0 Å². The first-order valence-corrected chi connectivity index (χ1v) is 14.7. The zero-order valence-electron chi connectivity index (χ0n) is 21.7. The SMILES string of the molecule is CCCCNC(=O)[C@H](C)N(Cc1ccc(Cl)cc1)C(=O)CCCN(c1ccc(OC)c(Cl)c1)S(C)(=O)=O. The summed E-state index contributed by atoms with van der Waals surface area (Å²) in [6.07, 6.45) is 3.19. The lowest BCUT2D eigenvalue weighted by atomic mass is 10.1. The smallest absolute Gasteiger partial charge is 0.242 e. The fourth-order valence-corrected chi connectivity index (χ4v) is 5.05. The van der Waals surface area contributed by atoms with Gasteiger partial charge >= 0.3 is 0 Å². The molecule has 0 radical (unpaired) electrons. The molecule has 37 heavy (non-hydrogen) atoms. The molecule has 0 unspecified atom stereocenters. The highest BCUT2D eigenvalue weighted by atomic mass is 35.5. The first kappa shape index (κ1) is 30.7. The predicted molar refractivity (Wildman–Crippen MR) is 149 cm³/mol. The third-order valence-electron chi connectivity index (χ3n) is 5.84. The van der Waals surface area contributed by atoms with E-state index in [0.717, 1.165) is 24.7 Å². The Hall–Kier alpha value is -2.49. The Labute approximate surface area is 229 Å². The highest BCUT2D eigenvalue weighted by Gasteiger charge is 2.26. The summed E-state index contributed by atoms with van der Waals surface area (Å²) in [4.78, 5) is 27.6. The van der Waals surface area contributed by atoms with Gasteiger partial charge in [0.05, 0.1) is 24.1 Å². The van der Waals surface area contributed by atoms with Gasteiger partial charge in [-0.2, -0.15) is 0 Å². The Balaban J connectivity index is 2.16. The van der Waals surface area contributed by atoms with Crippen LogP contribution in [0.15, 0.2) is 42.5 Å². The standard InChI is InChI=1S/C26H35Cl2N3O5S/c1-5-6-15-29-26(33)19(2)30(18-20-9-11-21(27)12-10-20)25(32)8-7-16-31(37(4,34)35)22-13-14-24(36-3)23(28)17-22/h9-14,17,19H,5-8,15-16,18H2,1-4H3,(H,29,33)/t19-/m0/s1. The number of methoxy groups -OCH3 is 1. The maximum atomic E-state index is 13.3. The van der Waals surface area contributed by atoms with Crippen LogP contribution in [-0.2, 0) is 26.2 Å². The van der Waals surface area contributed by atoms with Gasteiger partial charge in [-0.15, -0.1) is 0 Å². The lowest BCUT2D eigenvalue weighted by Gasteiger charge is -2.29. The third kappa shape index (κ3) is 9.39. The molecule has 0 saturated heterocycles. The number of ether oxygens (including phenoxy) is 1. The van der Waals surface area contributed by atoms with E-state index in [2.05, 4.69) is 5.32 Å². The fourth-order valence-electron chi connectivity index (χ4n) is 3.72. The van der Waals surface area contributed by atoms with E-state index >= 15 is 0 Å². The summed E-state index contributed by atoms with van der Waals surface area (Å²) in [5.41, 5.74) is 1.21. The fraction of sp³-hybridized carbons (Fsp3) is 0.462. The molecule has 1 N–H and O–H groups in total. The second-order valence-electron chi connectivity index (χ2n) is 8.73. The molecule has 204 valence electrons. The summed E-state index contributed by atoms with van der Waals surface area (Å²) in [6, 6.07) is 11.1. The van der Waals surface area contributed by atoms with Crippen molar-refractivity contribution in [2.45, 2.75) is 52.1 Å². The van der Waals surface area contributed by atoms with Crippen molar-refractivity contribution in [3.8, 4) is 5.75 Å². The first-order chi connectivity index (χ1) is 17.5. The van der Waals surface area contributed by atoms with Crippen molar-refractivity contribution in [2.24, 2.45) is 0 Å². The summed E-state index contributed by atoms with van der Waals surface area (Å²) in [6.45, 7) is 4.56. The van der Waals surface area contributed by atoms with Crippen molar-refractivity contribution >= 4 is 50.7 Å². The summed E-state index contributed by atoms with van der Waals surface area (Å²) in [7, 11) is -2.16. The number of hydrogen-bond donors (Lipinski definition) is 1. The van der Waals surface area contributed by atoms with E-state index in [-0.39, 0.29) is 42.8 Å². The van der Waals surface area contributed by atoms with Gasteiger partial charge in [-0.3, -0.25) is 13.9 Å². The third-order valence-corrected chi connectivity index (χ3v) is 7.58. The van der Waals surface area contributed by atoms with Crippen molar-refractivity contribution in [2.75, 3.05) is 30.8 Å².